The summed E-state index contributed by atoms with van der Waals surface area (Å²) in [4.78, 5) is 11.2. The molecule has 2 nitrogen and oxygen atoms in total. The molecule has 0 saturated carbocycles. The number of carbonyl (C=O) groups is 1. The van der Waals surface area contributed by atoms with E-state index in [0.717, 1.165) is 17.7 Å². The minimum absolute atomic E-state index is 0.228. The first-order chi connectivity index (χ1) is 9.88. The van der Waals surface area contributed by atoms with Crippen LogP contribution in [0.25, 0.3) is 0 Å². The van der Waals surface area contributed by atoms with Crippen LogP contribution in [-0.4, -0.2) is 12.0 Å². The van der Waals surface area contributed by atoms with Gasteiger partial charge in [0.1, 0.15) is 12.4 Å². The summed E-state index contributed by atoms with van der Waals surface area (Å²) in [6, 6.07) is 13.0. The van der Waals surface area contributed by atoms with E-state index in [1.54, 1.807) is 6.92 Å². The monoisotopic (exact) mass is 294 g/mol. The molecule has 0 unspecified atom stereocenters. The van der Waals surface area contributed by atoms with Crippen molar-refractivity contribution in [2.45, 2.75) is 19.7 Å². The van der Waals surface area contributed by atoms with Crippen molar-refractivity contribution >= 4 is 5.78 Å². The van der Waals surface area contributed by atoms with Gasteiger partial charge in [0, 0.05) is 5.56 Å². The first-order valence-electron chi connectivity index (χ1n) is 6.27. The van der Waals surface area contributed by atoms with Crippen LogP contribution in [0.15, 0.2) is 48.5 Å². The highest BCUT2D eigenvalue weighted by Crippen LogP contribution is 2.26. The van der Waals surface area contributed by atoms with Crippen molar-refractivity contribution in [1.29, 1.82) is 0 Å². The molecule has 2 aromatic rings. The Morgan fingerprint density at radius 1 is 1.10 bits per heavy atom. The molecule has 0 aliphatic rings. The van der Waals surface area contributed by atoms with Gasteiger partial charge in [0.05, 0.1) is 0 Å². The van der Waals surface area contributed by atoms with Gasteiger partial charge in [0.25, 0.3) is 5.78 Å². The Balaban J connectivity index is 2.18. The summed E-state index contributed by atoms with van der Waals surface area (Å²) in [5.41, 5.74) is 1.14. The third-order valence-electron chi connectivity index (χ3n) is 2.94. The van der Waals surface area contributed by atoms with Crippen LogP contribution in [0, 0.1) is 6.92 Å². The fourth-order valence-electron chi connectivity index (χ4n) is 1.80. The molecule has 0 bridgehead atoms. The first-order valence-corrected chi connectivity index (χ1v) is 6.27. The molecule has 5 heteroatoms. The topological polar surface area (TPSA) is 26.3 Å². The highest BCUT2D eigenvalue weighted by molar-refractivity contribution is 6.00. The van der Waals surface area contributed by atoms with Crippen LogP contribution in [0.2, 0.25) is 0 Å². The lowest BCUT2D eigenvalue weighted by atomic mass is 10.1. The van der Waals surface area contributed by atoms with E-state index in [4.69, 9.17) is 4.74 Å². The standard InChI is InChI=1S/C16H13F3O2/c1-11-7-8-13(15(20)16(17,18)19)9-14(11)21-10-12-5-3-2-4-6-12/h2-9H,10H2,1H3. The van der Waals surface area contributed by atoms with Gasteiger partial charge in [-0.3, -0.25) is 4.79 Å². The number of hydrogen-bond donors (Lipinski definition) is 0. The highest BCUT2D eigenvalue weighted by Gasteiger charge is 2.39. The number of alkyl halides is 3. The van der Waals surface area contributed by atoms with Crippen molar-refractivity contribution in [2.24, 2.45) is 0 Å². The minimum atomic E-state index is -4.88. The van der Waals surface area contributed by atoms with Crippen molar-refractivity contribution in [1.82, 2.24) is 0 Å². The van der Waals surface area contributed by atoms with Gasteiger partial charge in [0.15, 0.2) is 0 Å². The molecular weight excluding hydrogens is 281 g/mol. The lowest BCUT2D eigenvalue weighted by molar-refractivity contribution is -0.0885. The number of aryl methyl sites for hydroxylation is 1. The highest BCUT2D eigenvalue weighted by atomic mass is 19.4. The first kappa shape index (κ1) is 15.1. The van der Waals surface area contributed by atoms with Gasteiger partial charge >= 0.3 is 6.18 Å². The van der Waals surface area contributed by atoms with Gasteiger partial charge in [-0.15, -0.1) is 0 Å². The molecule has 0 saturated heterocycles. The van der Waals surface area contributed by atoms with Gasteiger partial charge in [0.2, 0.25) is 0 Å². The minimum Gasteiger partial charge on any atom is -0.489 e. The van der Waals surface area contributed by atoms with E-state index in [1.807, 2.05) is 30.3 Å². The number of ketones is 1. The zero-order chi connectivity index (χ0) is 15.5. The summed E-state index contributed by atoms with van der Waals surface area (Å²) in [5.74, 6) is -1.60. The van der Waals surface area contributed by atoms with Gasteiger partial charge in [-0.2, -0.15) is 13.2 Å². The summed E-state index contributed by atoms with van der Waals surface area (Å²) in [6.07, 6.45) is -4.88. The van der Waals surface area contributed by atoms with Crippen molar-refractivity contribution < 1.29 is 22.7 Å². The van der Waals surface area contributed by atoms with Crippen molar-refractivity contribution in [2.75, 3.05) is 0 Å². The van der Waals surface area contributed by atoms with Crippen molar-refractivity contribution in [3.8, 4) is 5.75 Å². The Morgan fingerprint density at radius 2 is 1.76 bits per heavy atom. The normalized spacial score (nSPS) is 11.2. The van der Waals surface area contributed by atoms with E-state index in [1.165, 1.54) is 6.07 Å². The predicted octanol–water partition coefficient (Wildman–Crippen LogP) is 4.32. The number of carbonyl (C=O) groups excluding carboxylic acids is 1. The molecule has 2 aromatic carbocycles. The maximum Gasteiger partial charge on any atom is 0.454 e. The fourth-order valence-corrected chi connectivity index (χ4v) is 1.80. The predicted molar refractivity (Wildman–Crippen MR) is 72.3 cm³/mol. The Hall–Kier alpha value is -2.30. The van der Waals surface area contributed by atoms with Crippen LogP contribution >= 0.6 is 0 Å². The quantitative estimate of drug-likeness (QED) is 0.785. The average molecular weight is 294 g/mol. The van der Waals surface area contributed by atoms with E-state index in [2.05, 4.69) is 0 Å². The van der Waals surface area contributed by atoms with Crippen LogP contribution in [0.4, 0.5) is 13.2 Å². The number of Topliss-reactive ketones (excluding diaryl/α,β-unsaturated/α-hetero) is 1. The molecule has 2 rings (SSSR count). The SMILES string of the molecule is Cc1ccc(C(=O)C(F)(F)F)cc1OCc1ccccc1. The van der Waals surface area contributed by atoms with Crippen molar-refractivity contribution in [3.05, 3.63) is 65.2 Å². The number of hydrogen-bond acceptors (Lipinski definition) is 2. The number of ether oxygens (including phenoxy) is 1. The van der Waals surface area contributed by atoms with Gasteiger partial charge < -0.3 is 4.74 Å². The van der Waals surface area contributed by atoms with Gasteiger partial charge in [-0.1, -0.05) is 42.5 Å². The molecule has 0 amide bonds. The summed E-state index contributed by atoms with van der Waals surface area (Å²) in [7, 11) is 0. The molecule has 0 aromatic heterocycles. The van der Waals surface area contributed by atoms with Crippen LogP contribution < -0.4 is 4.74 Å². The van der Waals surface area contributed by atoms with E-state index >= 15 is 0 Å². The number of rotatable bonds is 4. The molecule has 0 radical (unpaired) electrons. The molecule has 0 heterocycles. The average Bonchev–Trinajstić information content (AvgIpc) is 2.46. The Labute approximate surface area is 120 Å². The second-order valence-electron chi connectivity index (χ2n) is 4.58. The molecule has 0 aliphatic heterocycles. The molecule has 0 atom stereocenters. The van der Waals surface area contributed by atoms with Crippen LogP contribution in [0.5, 0.6) is 5.75 Å². The second-order valence-corrected chi connectivity index (χ2v) is 4.58. The van der Waals surface area contributed by atoms with Gasteiger partial charge in [-0.25, -0.2) is 0 Å². The zero-order valence-electron chi connectivity index (χ0n) is 11.3. The molecule has 0 aliphatic carbocycles. The van der Waals surface area contributed by atoms with Crippen molar-refractivity contribution in [3.63, 3.8) is 0 Å². The Kier molecular flexibility index (Phi) is 4.31. The summed E-state index contributed by atoms with van der Waals surface area (Å²) >= 11 is 0. The summed E-state index contributed by atoms with van der Waals surface area (Å²) in [5, 5.41) is 0. The maximum atomic E-state index is 12.4. The number of benzene rings is 2. The molecule has 0 spiro atoms. The third kappa shape index (κ3) is 3.84. The Bertz CT molecular complexity index is 634. The summed E-state index contributed by atoms with van der Waals surface area (Å²) < 4.78 is 42.8. The maximum absolute atomic E-state index is 12.4. The zero-order valence-corrected chi connectivity index (χ0v) is 11.3. The van der Waals surface area contributed by atoms with Crippen LogP contribution in [0.3, 0.4) is 0 Å². The lowest BCUT2D eigenvalue weighted by Crippen LogP contribution is -2.22. The van der Waals surface area contributed by atoms with E-state index in [0.29, 0.717) is 5.56 Å². The van der Waals surface area contributed by atoms with Crippen LogP contribution in [0.1, 0.15) is 21.5 Å². The molecule has 0 fully saturated rings. The van der Waals surface area contributed by atoms with E-state index < -0.39 is 17.5 Å². The smallest absolute Gasteiger partial charge is 0.454 e. The summed E-state index contributed by atoms with van der Waals surface area (Å²) in [6.45, 7) is 1.94. The molecule has 110 valence electrons. The van der Waals surface area contributed by atoms with Crippen LogP contribution in [-0.2, 0) is 6.61 Å². The Morgan fingerprint density at radius 3 is 2.38 bits per heavy atom. The van der Waals surface area contributed by atoms with Gasteiger partial charge in [-0.05, 0) is 24.1 Å². The molecular formula is C16H13F3O2. The van der Waals surface area contributed by atoms with E-state index in [-0.39, 0.29) is 12.4 Å². The van der Waals surface area contributed by atoms with E-state index in [9.17, 15) is 18.0 Å². The largest absolute Gasteiger partial charge is 0.489 e. The lowest BCUT2D eigenvalue weighted by Gasteiger charge is -2.11. The fraction of sp³-hybridized carbons (Fsp3) is 0.188. The molecule has 21 heavy (non-hydrogen) atoms. The number of halogens is 3. The molecule has 0 N–H and O–H groups in total. The second kappa shape index (κ2) is 5.99. The third-order valence-corrected chi connectivity index (χ3v) is 2.94.